The number of unbranched alkanes of at least 4 members (excludes halogenated alkanes) is 18. The molecule has 6 unspecified atom stereocenters. The normalized spacial score (nSPS) is 24.4. The van der Waals surface area contributed by atoms with Crippen molar-refractivity contribution in [3.05, 3.63) is 12.2 Å². The van der Waals surface area contributed by atoms with Crippen molar-refractivity contribution in [2.75, 3.05) is 19.8 Å². The van der Waals surface area contributed by atoms with Crippen molar-refractivity contribution in [1.29, 1.82) is 0 Å². The molecule has 6 N–H and O–H groups in total. The van der Waals surface area contributed by atoms with E-state index in [0.717, 1.165) is 57.8 Å². The Balaban J connectivity index is 2.47. The van der Waals surface area contributed by atoms with Gasteiger partial charge >= 0.3 is 13.8 Å². The molecule has 0 aromatic rings. The van der Waals surface area contributed by atoms with Crippen LogP contribution in [0.1, 0.15) is 155 Å². The van der Waals surface area contributed by atoms with Crippen molar-refractivity contribution in [2.24, 2.45) is 0 Å². The Hall–Kier alpha value is -0.920. The van der Waals surface area contributed by atoms with Gasteiger partial charge in [0.1, 0.15) is 42.7 Å². The summed E-state index contributed by atoms with van der Waals surface area (Å²) in [6.45, 7) is 4.20. The summed E-state index contributed by atoms with van der Waals surface area (Å²) in [6.07, 6.45) is 15.8. The monoisotopic (exact) mass is 738 g/mol. The minimum atomic E-state index is -5.00. The second-order valence-electron chi connectivity index (χ2n) is 13.8. The molecule has 1 saturated carbocycles. The lowest BCUT2D eigenvalue weighted by molar-refractivity contribution is -0.220. The average Bonchev–Trinajstić information content (AvgIpc) is 3.09. The van der Waals surface area contributed by atoms with E-state index >= 15 is 0 Å². The van der Waals surface area contributed by atoms with Gasteiger partial charge in [0.05, 0.1) is 13.2 Å². The van der Waals surface area contributed by atoms with E-state index in [1.165, 1.54) is 70.6 Å². The van der Waals surface area contributed by atoms with Gasteiger partial charge in [-0.2, -0.15) is 0 Å². The lowest BCUT2D eigenvalue weighted by Gasteiger charge is -2.41. The Bertz CT molecular complexity index is 890. The predicted molar refractivity (Wildman–Crippen MR) is 193 cm³/mol. The number of ether oxygens (including phenoxy) is 2. The number of esters is 1. The maximum atomic E-state index is 12.7. The molecule has 13 heteroatoms. The van der Waals surface area contributed by atoms with E-state index in [2.05, 4.69) is 26.0 Å². The molecule has 0 radical (unpaired) electrons. The van der Waals surface area contributed by atoms with Crippen LogP contribution in [0, 0.1) is 0 Å². The molecule has 0 amide bonds. The van der Waals surface area contributed by atoms with E-state index in [1.807, 2.05) is 0 Å². The van der Waals surface area contributed by atoms with E-state index in [1.54, 1.807) is 0 Å². The number of carbonyl (C=O) groups excluding carboxylic acids is 1. The van der Waals surface area contributed by atoms with Gasteiger partial charge in [-0.05, 0) is 38.5 Å². The Morgan fingerprint density at radius 1 is 0.620 bits per heavy atom. The van der Waals surface area contributed by atoms with E-state index in [4.69, 9.17) is 18.5 Å². The molecule has 50 heavy (non-hydrogen) atoms. The number of hydrogen-bond donors (Lipinski definition) is 6. The third kappa shape index (κ3) is 22.2. The summed E-state index contributed by atoms with van der Waals surface area (Å²) in [7, 11) is -5.00. The minimum Gasteiger partial charge on any atom is -0.457 e. The van der Waals surface area contributed by atoms with Crippen LogP contribution in [0.2, 0.25) is 0 Å². The van der Waals surface area contributed by atoms with Crippen LogP contribution < -0.4 is 0 Å². The first-order valence-electron chi connectivity index (χ1n) is 19.5. The predicted octanol–water partition coefficient (Wildman–Crippen LogP) is 6.41. The van der Waals surface area contributed by atoms with Crippen LogP contribution in [0.4, 0.5) is 0 Å². The quantitative estimate of drug-likeness (QED) is 0.0193. The molecule has 0 saturated heterocycles. The van der Waals surface area contributed by atoms with Crippen LogP contribution >= 0.6 is 7.82 Å². The van der Waals surface area contributed by atoms with Crippen molar-refractivity contribution >= 4 is 13.8 Å². The van der Waals surface area contributed by atoms with Gasteiger partial charge in [0, 0.05) is 13.0 Å². The topological polar surface area (TPSA) is 192 Å². The number of carbonyl (C=O) groups is 1. The molecule has 6 atom stereocenters. The maximum absolute atomic E-state index is 12.7. The first-order valence-corrected chi connectivity index (χ1v) is 21.0. The van der Waals surface area contributed by atoms with Crippen LogP contribution in [0.3, 0.4) is 0 Å². The zero-order valence-electron chi connectivity index (χ0n) is 31.0. The highest BCUT2D eigenvalue weighted by atomic mass is 31.2. The summed E-state index contributed by atoms with van der Waals surface area (Å²) in [4.78, 5) is 23.0. The Labute approximate surface area is 301 Å². The van der Waals surface area contributed by atoms with Crippen LogP contribution in [-0.4, -0.2) is 98.9 Å². The highest BCUT2D eigenvalue weighted by Gasteiger charge is 2.51. The van der Waals surface area contributed by atoms with Crippen molar-refractivity contribution in [2.45, 2.75) is 198 Å². The molecule has 1 aliphatic rings. The molecule has 1 fully saturated rings. The van der Waals surface area contributed by atoms with Crippen molar-refractivity contribution in [3.8, 4) is 0 Å². The highest BCUT2D eigenvalue weighted by molar-refractivity contribution is 7.47. The van der Waals surface area contributed by atoms with Gasteiger partial charge in [-0.3, -0.25) is 13.8 Å². The molecular formula is C37H71O12P. The van der Waals surface area contributed by atoms with Crippen molar-refractivity contribution in [3.63, 3.8) is 0 Å². The largest absolute Gasteiger partial charge is 0.472 e. The first kappa shape index (κ1) is 47.1. The van der Waals surface area contributed by atoms with E-state index in [9.17, 15) is 39.8 Å². The summed E-state index contributed by atoms with van der Waals surface area (Å²) < 4.78 is 33.9. The molecule has 0 bridgehead atoms. The molecule has 1 rings (SSSR count). The van der Waals surface area contributed by atoms with Gasteiger partial charge in [0.2, 0.25) is 0 Å². The second kappa shape index (κ2) is 29.5. The van der Waals surface area contributed by atoms with Crippen molar-refractivity contribution in [1.82, 2.24) is 0 Å². The Morgan fingerprint density at radius 3 is 1.58 bits per heavy atom. The van der Waals surface area contributed by atoms with Gasteiger partial charge < -0.3 is 39.9 Å². The summed E-state index contributed by atoms with van der Waals surface area (Å²) in [5.41, 5.74) is 0. The van der Waals surface area contributed by atoms with E-state index in [0.29, 0.717) is 13.0 Å². The molecular weight excluding hydrogens is 667 g/mol. The molecule has 12 nitrogen and oxygen atoms in total. The third-order valence-electron chi connectivity index (χ3n) is 9.14. The minimum absolute atomic E-state index is 0.0761. The summed E-state index contributed by atoms with van der Waals surface area (Å²) >= 11 is 0. The standard InChI is InChI=1S/C37H71O12P/c1-3-5-7-9-11-13-14-15-16-17-18-20-22-24-26-31(38)48-30(28-46-27-25-23-21-19-12-10-8-6-4-2)29-47-50(44,45)49-37-35(42)33(40)32(39)34(41)36(37)43/h14-15,30,32-37,39-43H,3-13,16-29H2,1-2H3,(H,44,45)/b15-14-. The summed E-state index contributed by atoms with van der Waals surface area (Å²) in [6, 6.07) is 0. The van der Waals surface area contributed by atoms with Crippen LogP contribution in [0.5, 0.6) is 0 Å². The van der Waals surface area contributed by atoms with Crippen molar-refractivity contribution < 1.29 is 58.3 Å². The molecule has 0 aromatic carbocycles. The number of phosphoric acid groups is 1. The summed E-state index contributed by atoms with van der Waals surface area (Å²) in [5.74, 6) is -0.487. The maximum Gasteiger partial charge on any atom is 0.472 e. The Morgan fingerprint density at radius 2 is 1.06 bits per heavy atom. The van der Waals surface area contributed by atoms with E-state index in [-0.39, 0.29) is 13.0 Å². The molecule has 296 valence electrons. The molecule has 0 spiro atoms. The number of aliphatic hydroxyl groups is 5. The third-order valence-corrected chi connectivity index (χ3v) is 10.1. The number of allylic oxidation sites excluding steroid dienone is 2. The fourth-order valence-electron chi connectivity index (χ4n) is 5.94. The smallest absolute Gasteiger partial charge is 0.457 e. The van der Waals surface area contributed by atoms with Crippen LogP contribution in [0.15, 0.2) is 12.2 Å². The van der Waals surface area contributed by atoms with E-state index < -0.39 is 63.1 Å². The van der Waals surface area contributed by atoms with Gasteiger partial charge in [-0.15, -0.1) is 0 Å². The lowest BCUT2D eigenvalue weighted by atomic mass is 9.85. The fraction of sp³-hybridized carbons (Fsp3) is 0.919. The number of phosphoric ester groups is 1. The molecule has 1 aliphatic carbocycles. The lowest BCUT2D eigenvalue weighted by Crippen LogP contribution is -2.64. The number of rotatable bonds is 32. The zero-order valence-corrected chi connectivity index (χ0v) is 31.8. The molecule has 0 heterocycles. The van der Waals surface area contributed by atoms with Gasteiger partial charge in [-0.1, -0.05) is 122 Å². The highest BCUT2D eigenvalue weighted by Crippen LogP contribution is 2.47. The van der Waals surface area contributed by atoms with Gasteiger partial charge in [0.15, 0.2) is 0 Å². The van der Waals surface area contributed by atoms with Crippen LogP contribution in [0.25, 0.3) is 0 Å². The Kier molecular flexibility index (Phi) is 27.8. The SMILES string of the molecule is CCCCCCC/C=C\CCCCCCCC(=O)OC(COCCCCCCCCCCC)COP(=O)(O)OC1C(O)C(O)C(O)C(O)C1O. The summed E-state index contributed by atoms with van der Waals surface area (Å²) in [5, 5.41) is 49.9. The average molecular weight is 739 g/mol. The zero-order chi connectivity index (χ0) is 37.0. The molecule has 0 aromatic heterocycles. The first-order chi connectivity index (χ1) is 24.0. The van der Waals surface area contributed by atoms with Crippen LogP contribution in [-0.2, 0) is 27.9 Å². The number of hydrogen-bond acceptors (Lipinski definition) is 11. The number of aliphatic hydroxyl groups excluding tert-OH is 5. The molecule has 0 aliphatic heterocycles. The fourth-order valence-corrected chi connectivity index (χ4v) is 6.91. The van der Waals surface area contributed by atoms with Gasteiger partial charge in [0.25, 0.3) is 0 Å². The van der Waals surface area contributed by atoms with Gasteiger partial charge in [-0.25, -0.2) is 4.57 Å². The second-order valence-corrected chi connectivity index (χ2v) is 15.2.